The maximum Gasteiger partial charge on any atom is 0.0898 e. The Balaban J connectivity index is 2.01. The fourth-order valence-electron chi connectivity index (χ4n) is 2.38. The Hall–Kier alpha value is -1.09. The Morgan fingerprint density at radius 1 is 1.24 bits per heavy atom. The summed E-state index contributed by atoms with van der Waals surface area (Å²) in [7, 11) is 0. The first-order valence-electron chi connectivity index (χ1n) is 7.70. The minimum absolute atomic E-state index is 0.00891. The van der Waals surface area contributed by atoms with Gasteiger partial charge in [0.15, 0.2) is 0 Å². The van der Waals surface area contributed by atoms with Crippen LogP contribution in [0.15, 0.2) is 45.5 Å². The topological polar surface area (TPSA) is 15.6 Å². The minimum atomic E-state index is -0.00891. The van der Waals surface area contributed by atoms with Gasteiger partial charge in [-0.3, -0.25) is 4.99 Å². The second kappa shape index (κ2) is 7.26. The summed E-state index contributed by atoms with van der Waals surface area (Å²) >= 11 is 3.63. The number of hydrogen-bond acceptors (Lipinski definition) is 1. The lowest BCUT2D eigenvalue weighted by Gasteiger charge is -2.28. The lowest BCUT2D eigenvalue weighted by molar-refractivity contribution is 0.451. The van der Waals surface area contributed by atoms with Gasteiger partial charge in [-0.05, 0) is 58.1 Å². The van der Waals surface area contributed by atoms with Crippen LogP contribution < -0.4 is 0 Å². The fraction of sp³-hybridized carbons (Fsp3) is 0.500. The molecule has 114 valence electrons. The van der Waals surface area contributed by atoms with Gasteiger partial charge < -0.3 is 4.90 Å². The zero-order valence-corrected chi connectivity index (χ0v) is 14.9. The molecule has 3 heteroatoms. The molecule has 21 heavy (non-hydrogen) atoms. The summed E-state index contributed by atoms with van der Waals surface area (Å²) in [6, 6.07) is 8.48. The molecule has 0 N–H and O–H groups in total. The molecule has 0 saturated carbocycles. The molecule has 2 nitrogen and oxygen atoms in total. The standard InChI is InChI=1S/C18H25BrN2/c1-18(2,3)20-14-21-13-7-6-9-16(21)12-11-15-8-4-5-10-17(15)19/h4-5,8-10,14H,6-7,11-13H2,1-3H3. The van der Waals surface area contributed by atoms with Gasteiger partial charge in [0.2, 0.25) is 0 Å². The molecule has 1 aliphatic rings. The van der Waals surface area contributed by atoms with Crippen molar-refractivity contribution in [2.24, 2.45) is 4.99 Å². The van der Waals surface area contributed by atoms with E-state index in [1.165, 1.54) is 28.6 Å². The van der Waals surface area contributed by atoms with E-state index < -0.39 is 0 Å². The third kappa shape index (κ3) is 5.31. The van der Waals surface area contributed by atoms with Crippen LogP contribution in [0.4, 0.5) is 0 Å². The highest BCUT2D eigenvalue weighted by Crippen LogP contribution is 2.23. The highest BCUT2D eigenvalue weighted by atomic mass is 79.9. The minimum Gasteiger partial charge on any atom is -0.337 e. The van der Waals surface area contributed by atoms with E-state index in [2.05, 4.69) is 76.9 Å². The van der Waals surface area contributed by atoms with E-state index in [0.29, 0.717) is 0 Å². The number of nitrogens with zero attached hydrogens (tertiary/aromatic N) is 2. The number of allylic oxidation sites excluding steroid dienone is 2. The van der Waals surface area contributed by atoms with Crippen molar-refractivity contribution in [3.63, 3.8) is 0 Å². The van der Waals surface area contributed by atoms with E-state index in [0.717, 1.165) is 19.4 Å². The summed E-state index contributed by atoms with van der Waals surface area (Å²) in [5.74, 6) is 0. The SMILES string of the molecule is CC(C)(C)N=CN1CCCC=C1CCc1ccccc1Br. The largest absolute Gasteiger partial charge is 0.337 e. The highest BCUT2D eigenvalue weighted by molar-refractivity contribution is 9.10. The summed E-state index contributed by atoms with van der Waals surface area (Å²) in [5.41, 5.74) is 2.77. The number of halogens is 1. The zero-order valence-electron chi connectivity index (χ0n) is 13.3. The molecule has 0 spiro atoms. The van der Waals surface area contributed by atoms with Crippen molar-refractivity contribution in [3.05, 3.63) is 46.1 Å². The summed E-state index contributed by atoms with van der Waals surface area (Å²) < 4.78 is 1.20. The molecule has 0 radical (unpaired) electrons. The van der Waals surface area contributed by atoms with E-state index in [1.54, 1.807) is 0 Å². The van der Waals surface area contributed by atoms with Crippen molar-refractivity contribution in [1.29, 1.82) is 0 Å². The zero-order chi connectivity index (χ0) is 15.3. The predicted molar refractivity (Wildman–Crippen MR) is 94.7 cm³/mol. The van der Waals surface area contributed by atoms with Crippen LogP contribution in [0.1, 0.15) is 45.6 Å². The Kier molecular flexibility index (Phi) is 5.63. The smallest absolute Gasteiger partial charge is 0.0898 e. The normalized spacial score (nSPS) is 16.4. The summed E-state index contributed by atoms with van der Waals surface area (Å²) in [6.45, 7) is 7.50. The van der Waals surface area contributed by atoms with Crippen molar-refractivity contribution >= 4 is 22.3 Å². The summed E-state index contributed by atoms with van der Waals surface area (Å²) in [5, 5.41) is 0. The van der Waals surface area contributed by atoms with Crippen molar-refractivity contribution in [2.45, 2.75) is 52.0 Å². The molecule has 0 saturated heterocycles. The third-order valence-corrected chi connectivity index (χ3v) is 4.32. The van der Waals surface area contributed by atoms with Crippen LogP contribution >= 0.6 is 15.9 Å². The number of aliphatic imine (C=N–C) groups is 1. The number of rotatable bonds is 4. The van der Waals surface area contributed by atoms with Gasteiger partial charge in [-0.2, -0.15) is 0 Å². The van der Waals surface area contributed by atoms with Gasteiger partial charge in [0.05, 0.1) is 11.9 Å². The Morgan fingerprint density at radius 3 is 2.71 bits per heavy atom. The first-order valence-corrected chi connectivity index (χ1v) is 8.49. The molecular formula is C18H25BrN2. The molecule has 0 amide bonds. The molecule has 2 rings (SSSR count). The molecule has 0 unspecified atom stereocenters. The van der Waals surface area contributed by atoms with Crippen molar-refractivity contribution < 1.29 is 0 Å². The molecule has 0 bridgehead atoms. The van der Waals surface area contributed by atoms with E-state index in [4.69, 9.17) is 0 Å². The van der Waals surface area contributed by atoms with Crippen LogP contribution in [0, 0.1) is 0 Å². The molecule has 1 aromatic carbocycles. The highest BCUT2D eigenvalue weighted by Gasteiger charge is 2.14. The predicted octanol–water partition coefficient (Wildman–Crippen LogP) is 5.19. The van der Waals surface area contributed by atoms with E-state index in [1.807, 2.05) is 6.34 Å². The molecule has 1 aromatic rings. The molecule has 1 heterocycles. The monoisotopic (exact) mass is 348 g/mol. The second-order valence-corrected chi connectivity index (χ2v) is 7.39. The lowest BCUT2D eigenvalue weighted by Crippen LogP contribution is -2.27. The van der Waals surface area contributed by atoms with Crippen molar-refractivity contribution in [1.82, 2.24) is 4.90 Å². The van der Waals surface area contributed by atoms with Crippen LogP contribution in [0.2, 0.25) is 0 Å². The van der Waals surface area contributed by atoms with Gasteiger partial charge in [-0.1, -0.05) is 40.2 Å². The molecule has 0 aliphatic carbocycles. The van der Waals surface area contributed by atoms with Crippen molar-refractivity contribution in [3.8, 4) is 0 Å². The van der Waals surface area contributed by atoms with E-state index in [-0.39, 0.29) is 5.54 Å². The lowest BCUT2D eigenvalue weighted by atomic mass is 10.0. The Bertz CT molecular complexity index is 526. The van der Waals surface area contributed by atoms with E-state index in [9.17, 15) is 0 Å². The van der Waals surface area contributed by atoms with Gasteiger partial charge in [-0.15, -0.1) is 0 Å². The van der Waals surface area contributed by atoms with Gasteiger partial charge in [0, 0.05) is 16.7 Å². The molecule has 0 atom stereocenters. The average molecular weight is 349 g/mol. The molecule has 0 aromatic heterocycles. The second-order valence-electron chi connectivity index (χ2n) is 6.54. The first kappa shape index (κ1) is 16.3. The van der Waals surface area contributed by atoms with Crippen molar-refractivity contribution in [2.75, 3.05) is 6.54 Å². The van der Waals surface area contributed by atoms with Gasteiger partial charge >= 0.3 is 0 Å². The van der Waals surface area contributed by atoms with Gasteiger partial charge in [0.25, 0.3) is 0 Å². The quantitative estimate of drug-likeness (QED) is 0.540. The summed E-state index contributed by atoms with van der Waals surface area (Å²) in [6.07, 6.45) is 8.94. The van der Waals surface area contributed by atoms with E-state index >= 15 is 0 Å². The maximum absolute atomic E-state index is 4.65. The number of aryl methyl sites for hydroxylation is 1. The van der Waals surface area contributed by atoms with Gasteiger partial charge in [0.1, 0.15) is 0 Å². The van der Waals surface area contributed by atoms with Crippen LogP contribution in [0.3, 0.4) is 0 Å². The number of benzene rings is 1. The third-order valence-electron chi connectivity index (χ3n) is 3.54. The Labute approximate surface area is 137 Å². The molecule has 1 aliphatic heterocycles. The van der Waals surface area contributed by atoms with Crippen LogP contribution in [-0.4, -0.2) is 23.3 Å². The summed E-state index contributed by atoms with van der Waals surface area (Å²) in [4.78, 5) is 6.98. The average Bonchev–Trinajstić information content (AvgIpc) is 2.44. The maximum atomic E-state index is 4.65. The van der Waals surface area contributed by atoms with Crippen LogP contribution in [-0.2, 0) is 6.42 Å². The van der Waals surface area contributed by atoms with Gasteiger partial charge in [-0.25, -0.2) is 0 Å². The molecular weight excluding hydrogens is 324 g/mol. The molecule has 0 fully saturated rings. The first-order chi connectivity index (χ1) is 9.96. The fourth-order valence-corrected chi connectivity index (χ4v) is 2.86. The van der Waals surface area contributed by atoms with Crippen LogP contribution in [0.5, 0.6) is 0 Å². The number of hydrogen-bond donors (Lipinski definition) is 0. The van der Waals surface area contributed by atoms with Crippen LogP contribution in [0.25, 0.3) is 0 Å². The Morgan fingerprint density at radius 2 is 2.00 bits per heavy atom.